The van der Waals surface area contributed by atoms with E-state index >= 15 is 0 Å². The SMILES string of the molecule is COc1ccc(OC)c(/C=C2\Oc3cc(OC(=O)N4CCOCC4)ccc3C2=O)c1. The maximum atomic E-state index is 12.7. The van der Waals surface area contributed by atoms with Crippen LogP contribution in [0.25, 0.3) is 6.08 Å². The van der Waals surface area contributed by atoms with Crippen LogP contribution in [-0.4, -0.2) is 57.3 Å². The van der Waals surface area contributed by atoms with E-state index in [0.29, 0.717) is 60.4 Å². The van der Waals surface area contributed by atoms with E-state index in [1.165, 1.54) is 6.07 Å². The van der Waals surface area contributed by atoms with Crippen LogP contribution in [0.1, 0.15) is 15.9 Å². The molecule has 2 aromatic rings. The fourth-order valence-electron chi connectivity index (χ4n) is 3.24. The molecule has 0 aromatic heterocycles. The Balaban J connectivity index is 1.54. The highest BCUT2D eigenvalue weighted by Crippen LogP contribution is 2.36. The second-order valence-corrected chi connectivity index (χ2v) is 6.67. The number of benzene rings is 2. The molecule has 0 N–H and O–H groups in total. The summed E-state index contributed by atoms with van der Waals surface area (Å²) in [5.74, 6) is 1.73. The molecule has 2 aliphatic rings. The first-order chi connectivity index (χ1) is 14.6. The van der Waals surface area contributed by atoms with Crippen LogP contribution in [0.3, 0.4) is 0 Å². The van der Waals surface area contributed by atoms with Crippen molar-refractivity contribution in [2.24, 2.45) is 0 Å². The number of Topliss-reactive ketones (excluding diaryl/α,β-unsaturated/α-hetero) is 1. The summed E-state index contributed by atoms with van der Waals surface area (Å²) in [5.41, 5.74) is 1.04. The maximum Gasteiger partial charge on any atom is 0.415 e. The van der Waals surface area contributed by atoms with Crippen molar-refractivity contribution in [3.05, 3.63) is 53.3 Å². The second-order valence-electron chi connectivity index (χ2n) is 6.67. The van der Waals surface area contributed by atoms with Gasteiger partial charge in [0.15, 0.2) is 5.76 Å². The molecule has 30 heavy (non-hydrogen) atoms. The minimum atomic E-state index is -0.459. The minimum Gasteiger partial charge on any atom is -0.497 e. The highest BCUT2D eigenvalue weighted by Gasteiger charge is 2.29. The van der Waals surface area contributed by atoms with Gasteiger partial charge in [0, 0.05) is 24.7 Å². The molecule has 156 valence electrons. The van der Waals surface area contributed by atoms with Crippen LogP contribution in [0.2, 0.25) is 0 Å². The Labute approximate surface area is 173 Å². The molecule has 1 saturated heterocycles. The number of hydrogen-bond donors (Lipinski definition) is 0. The van der Waals surface area contributed by atoms with Crippen molar-refractivity contribution in [3.63, 3.8) is 0 Å². The number of methoxy groups -OCH3 is 2. The number of fused-ring (bicyclic) bond motifs is 1. The molecule has 2 aromatic carbocycles. The average molecular weight is 411 g/mol. The van der Waals surface area contributed by atoms with Crippen molar-refractivity contribution >= 4 is 18.0 Å². The molecule has 0 radical (unpaired) electrons. The first kappa shape index (κ1) is 19.8. The number of morpholine rings is 1. The number of carbonyl (C=O) groups is 2. The number of hydrogen-bond acceptors (Lipinski definition) is 7. The van der Waals surface area contributed by atoms with Gasteiger partial charge in [-0.25, -0.2) is 4.79 Å². The van der Waals surface area contributed by atoms with Gasteiger partial charge in [0.05, 0.1) is 33.0 Å². The molecule has 2 heterocycles. The fraction of sp³-hybridized carbons (Fsp3) is 0.273. The van der Waals surface area contributed by atoms with E-state index in [4.69, 9.17) is 23.7 Å². The van der Waals surface area contributed by atoms with E-state index in [1.807, 2.05) is 0 Å². The Morgan fingerprint density at radius 2 is 1.80 bits per heavy atom. The lowest BCUT2D eigenvalue weighted by molar-refractivity contribution is 0.0416. The molecule has 0 aliphatic carbocycles. The molecule has 0 saturated carbocycles. The third kappa shape index (κ3) is 3.95. The van der Waals surface area contributed by atoms with Crippen LogP contribution in [-0.2, 0) is 4.74 Å². The zero-order valence-electron chi connectivity index (χ0n) is 16.7. The largest absolute Gasteiger partial charge is 0.497 e. The number of ketones is 1. The molecule has 1 amide bonds. The van der Waals surface area contributed by atoms with Gasteiger partial charge in [-0.15, -0.1) is 0 Å². The number of rotatable bonds is 4. The molecular formula is C22H21NO7. The fourth-order valence-corrected chi connectivity index (χ4v) is 3.24. The Bertz CT molecular complexity index is 1010. The van der Waals surface area contributed by atoms with E-state index in [2.05, 4.69) is 0 Å². The minimum absolute atomic E-state index is 0.146. The van der Waals surface area contributed by atoms with Gasteiger partial charge in [0.25, 0.3) is 0 Å². The van der Waals surface area contributed by atoms with Gasteiger partial charge in [0.2, 0.25) is 5.78 Å². The molecule has 8 heteroatoms. The third-order valence-corrected chi connectivity index (χ3v) is 4.84. The van der Waals surface area contributed by atoms with E-state index in [0.717, 1.165) is 0 Å². The number of nitrogens with zero attached hydrogens (tertiary/aromatic N) is 1. The second kappa shape index (κ2) is 8.46. The summed E-state index contributed by atoms with van der Waals surface area (Å²) >= 11 is 0. The Kier molecular flexibility index (Phi) is 5.58. The Morgan fingerprint density at radius 3 is 2.53 bits per heavy atom. The van der Waals surface area contributed by atoms with Crippen LogP contribution < -0.4 is 18.9 Å². The maximum absolute atomic E-state index is 12.7. The van der Waals surface area contributed by atoms with Gasteiger partial charge in [0.1, 0.15) is 23.0 Å². The third-order valence-electron chi connectivity index (χ3n) is 4.84. The quantitative estimate of drug-likeness (QED) is 0.715. The zero-order valence-corrected chi connectivity index (χ0v) is 16.7. The normalized spacial score (nSPS) is 16.8. The van der Waals surface area contributed by atoms with E-state index in [-0.39, 0.29) is 11.5 Å². The smallest absolute Gasteiger partial charge is 0.415 e. The first-order valence-electron chi connectivity index (χ1n) is 9.44. The molecule has 0 bridgehead atoms. The number of ether oxygens (including phenoxy) is 5. The van der Waals surface area contributed by atoms with Crippen molar-refractivity contribution in [2.45, 2.75) is 0 Å². The van der Waals surface area contributed by atoms with Crippen molar-refractivity contribution in [1.29, 1.82) is 0 Å². The first-order valence-corrected chi connectivity index (χ1v) is 9.44. The highest BCUT2D eigenvalue weighted by molar-refractivity contribution is 6.14. The summed E-state index contributed by atoms with van der Waals surface area (Å²) < 4.78 is 27.0. The van der Waals surface area contributed by atoms with Crippen molar-refractivity contribution in [3.8, 4) is 23.0 Å². The van der Waals surface area contributed by atoms with Crippen LogP contribution in [0.15, 0.2) is 42.2 Å². The molecule has 0 atom stereocenters. The summed E-state index contributed by atoms with van der Waals surface area (Å²) in [6.07, 6.45) is 1.14. The highest BCUT2D eigenvalue weighted by atomic mass is 16.6. The van der Waals surface area contributed by atoms with Gasteiger partial charge in [-0.2, -0.15) is 0 Å². The number of amides is 1. The lowest BCUT2D eigenvalue weighted by Crippen LogP contribution is -2.42. The number of allylic oxidation sites excluding steroid dienone is 1. The van der Waals surface area contributed by atoms with E-state index < -0.39 is 6.09 Å². The van der Waals surface area contributed by atoms with Gasteiger partial charge < -0.3 is 28.6 Å². The average Bonchev–Trinajstić information content (AvgIpc) is 3.08. The Morgan fingerprint density at radius 1 is 1.03 bits per heavy atom. The van der Waals surface area contributed by atoms with Crippen molar-refractivity contribution in [1.82, 2.24) is 4.90 Å². The Hall–Kier alpha value is -3.52. The summed E-state index contributed by atoms with van der Waals surface area (Å²) in [4.78, 5) is 26.6. The van der Waals surface area contributed by atoms with Crippen LogP contribution in [0.5, 0.6) is 23.0 Å². The van der Waals surface area contributed by atoms with Gasteiger partial charge in [-0.3, -0.25) is 4.79 Å². The molecular weight excluding hydrogens is 390 g/mol. The molecule has 1 fully saturated rings. The topological polar surface area (TPSA) is 83.5 Å². The van der Waals surface area contributed by atoms with Crippen LogP contribution in [0.4, 0.5) is 4.79 Å². The van der Waals surface area contributed by atoms with Crippen molar-refractivity contribution < 1.29 is 33.3 Å². The van der Waals surface area contributed by atoms with Crippen LogP contribution >= 0.6 is 0 Å². The number of carbonyl (C=O) groups excluding carboxylic acids is 2. The lowest BCUT2D eigenvalue weighted by Gasteiger charge is -2.25. The molecule has 0 unspecified atom stereocenters. The summed E-state index contributed by atoms with van der Waals surface area (Å²) in [5, 5.41) is 0. The lowest BCUT2D eigenvalue weighted by atomic mass is 10.1. The van der Waals surface area contributed by atoms with Crippen LogP contribution in [0, 0.1) is 0 Å². The summed E-state index contributed by atoms with van der Waals surface area (Å²) in [6.45, 7) is 1.93. The summed E-state index contributed by atoms with van der Waals surface area (Å²) in [7, 11) is 3.11. The van der Waals surface area contributed by atoms with E-state index in [1.54, 1.807) is 55.5 Å². The predicted molar refractivity (Wildman–Crippen MR) is 107 cm³/mol. The molecule has 2 aliphatic heterocycles. The molecule has 0 spiro atoms. The van der Waals surface area contributed by atoms with Gasteiger partial charge >= 0.3 is 6.09 Å². The summed E-state index contributed by atoms with van der Waals surface area (Å²) in [6, 6.07) is 9.97. The zero-order chi connectivity index (χ0) is 21.1. The van der Waals surface area contributed by atoms with Gasteiger partial charge in [-0.1, -0.05) is 0 Å². The monoisotopic (exact) mass is 411 g/mol. The van der Waals surface area contributed by atoms with E-state index in [9.17, 15) is 9.59 Å². The standard InChI is InChI=1S/C22H21NO7/c1-26-15-4-6-18(27-2)14(11-15)12-20-21(24)17-5-3-16(13-19(17)30-20)29-22(25)23-7-9-28-10-8-23/h3-6,11-13H,7-10H2,1-2H3/b20-12-. The van der Waals surface area contributed by atoms with Gasteiger partial charge in [-0.05, 0) is 36.4 Å². The molecule has 8 nitrogen and oxygen atoms in total. The van der Waals surface area contributed by atoms with Crippen molar-refractivity contribution in [2.75, 3.05) is 40.5 Å². The predicted octanol–water partition coefficient (Wildman–Crippen LogP) is 3.15. The molecule has 4 rings (SSSR count).